The number of imidazole rings is 1. The maximum atomic E-state index is 12.1. The lowest BCUT2D eigenvalue weighted by Crippen LogP contribution is -2.20. The van der Waals surface area contributed by atoms with Gasteiger partial charge in [0.1, 0.15) is 0 Å². The van der Waals surface area contributed by atoms with Gasteiger partial charge in [-0.3, -0.25) is 4.79 Å². The van der Waals surface area contributed by atoms with Gasteiger partial charge in [-0.1, -0.05) is 36.4 Å². The number of pyridine rings is 1. The van der Waals surface area contributed by atoms with Gasteiger partial charge in [0, 0.05) is 36.1 Å². The molecular weight excluding hydrogens is 336 g/mol. The highest BCUT2D eigenvalue weighted by Crippen LogP contribution is 2.12. The minimum absolute atomic E-state index is 0.149. The molecule has 0 saturated carbocycles. The molecule has 0 aliphatic heterocycles. The van der Waals surface area contributed by atoms with Crippen LogP contribution in [0.15, 0.2) is 85.5 Å². The number of para-hydroxylation sites is 1. The molecule has 1 amide bonds. The molecule has 0 unspecified atom stereocenters. The number of aromatic nitrogens is 3. The van der Waals surface area contributed by atoms with Crippen molar-refractivity contribution in [2.24, 2.45) is 0 Å². The topological polar surface area (TPSA) is 59.8 Å². The maximum absolute atomic E-state index is 12.1. The van der Waals surface area contributed by atoms with E-state index in [9.17, 15) is 4.79 Å². The molecule has 0 atom stereocenters. The number of amides is 1. The van der Waals surface area contributed by atoms with E-state index < -0.39 is 0 Å². The van der Waals surface area contributed by atoms with Gasteiger partial charge in [-0.25, -0.2) is 9.97 Å². The van der Waals surface area contributed by atoms with Crippen LogP contribution in [0.1, 0.15) is 11.3 Å². The molecule has 2 heterocycles. The first-order valence-electron chi connectivity index (χ1n) is 8.67. The quantitative estimate of drug-likeness (QED) is 0.555. The molecule has 0 aliphatic rings. The Morgan fingerprint density at radius 3 is 2.70 bits per heavy atom. The van der Waals surface area contributed by atoms with E-state index in [0.29, 0.717) is 6.54 Å². The van der Waals surface area contributed by atoms with Crippen LogP contribution in [0.25, 0.3) is 22.7 Å². The van der Waals surface area contributed by atoms with Gasteiger partial charge in [0.25, 0.3) is 0 Å². The standard InChI is InChI=1S/C22H18N4O/c27-22(12-9-19-8-7-18-3-1-2-4-21(18)25-19)24-15-17-5-10-20(11-6-17)26-14-13-23-16-26/h1-14,16H,15H2,(H,24,27)/b12-9+. The van der Waals surface area contributed by atoms with E-state index in [1.807, 2.05) is 71.4 Å². The lowest BCUT2D eigenvalue weighted by atomic mass is 10.2. The second-order valence-electron chi connectivity index (χ2n) is 6.12. The Labute approximate surface area is 157 Å². The highest BCUT2D eigenvalue weighted by atomic mass is 16.1. The number of carbonyl (C=O) groups is 1. The summed E-state index contributed by atoms with van der Waals surface area (Å²) in [4.78, 5) is 20.6. The second-order valence-corrected chi connectivity index (χ2v) is 6.12. The van der Waals surface area contributed by atoms with Gasteiger partial charge in [-0.2, -0.15) is 0 Å². The van der Waals surface area contributed by atoms with Gasteiger partial charge in [-0.15, -0.1) is 0 Å². The van der Waals surface area contributed by atoms with Crippen molar-refractivity contribution < 1.29 is 4.79 Å². The van der Waals surface area contributed by atoms with Crippen LogP contribution >= 0.6 is 0 Å². The average molecular weight is 354 g/mol. The van der Waals surface area contributed by atoms with Crippen molar-refractivity contribution in [1.82, 2.24) is 19.9 Å². The Morgan fingerprint density at radius 2 is 1.89 bits per heavy atom. The molecule has 2 aromatic carbocycles. The van der Waals surface area contributed by atoms with Crippen LogP contribution in [-0.2, 0) is 11.3 Å². The van der Waals surface area contributed by atoms with Gasteiger partial charge in [0.15, 0.2) is 0 Å². The summed E-state index contributed by atoms with van der Waals surface area (Å²) in [5.74, 6) is -0.149. The van der Waals surface area contributed by atoms with E-state index in [2.05, 4.69) is 15.3 Å². The fraction of sp³-hybridized carbons (Fsp3) is 0.0455. The van der Waals surface area contributed by atoms with Gasteiger partial charge < -0.3 is 9.88 Å². The van der Waals surface area contributed by atoms with Crippen molar-refractivity contribution in [2.75, 3.05) is 0 Å². The molecule has 5 nitrogen and oxygen atoms in total. The number of nitrogens with one attached hydrogen (secondary N) is 1. The van der Waals surface area contributed by atoms with E-state index in [-0.39, 0.29) is 5.91 Å². The summed E-state index contributed by atoms with van der Waals surface area (Å²) < 4.78 is 1.93. The largest absolute Gasteiger partial charge is 0.348 e. The number of carbonyl (C=O) groups excluding carboxylic acids is 1. The molecule has 4 aromatic rings. The SMILES string of the molecule is O=C(/C=C/c1ccc2ccccc2n1)NCc1ccc(-n2ccnc2)cc1. The van der Waals surface area contributed by atoms with Crippen LogP contribution in [0, 0.1) is 0 Å². The summed E-state index contributed by atoms with van der Waals surface area (Å²) >= 11 is 0. The summed E-state index contributed by atoms with van der Waals surface area (Å²) in [6.07, 6.45) is 8.62. The Morgan fingerprint density at radius 1 is 1.04 bits per heavy atom. The zero-order valence-electron chi connectivity index (χ0n) is 14.6. The first kappa shape index (κ1) is 16.7. The zero-order valence-corrected chi connectivity index (χ0v) is 14.6. The monoisotopic (exact) mass is 354 g/mol. The summed E-state index contributed by atoms with van der Waals surface area (Å²) in [5.41, 5.74) is 3.74. The predicted molar refractivity (Wildman–Crippen MR) is 106 cm³/mol. The van der Waals surface area contributed by atoms with Crippen LogP contribution in [0.2, 0.25) is 0 Å². The molecule has 132 valence electrons. The van der Waals surface area contributed by atoms with Crippen LogP contribution in [0.3, 0.4) is 0 Å². The summed E-state index contributed by atoms with van der Waals surface area (Å²) in [6.45, 7) is 0.471. The average Bonchev–Trinajstić information content (AvgIpc) is 3.26. The number of hydrogen-bond acceptors (Lipinski definition) is 3. The molecule has 0 saturated heterocycles. The van der Waals surface area contributed by atoms with Gasteiger partial charge in [0.05, 0.1) is 17.5 Å². The third-order valence-corrected chi connectivity index (χ3v) is 4.23. The lowest BCUT2D eigenvalue weighted by Gasteiger charge is -2.05. The predicted octanol–water partition coefficient (Wildman–Crippen LogP) is 3.75. The number of fused-ring (bicyclic) bond motifs is 1. The van der Waals surface area contributed by atoms with Crippen molar-refractivity contribution in [1.29, 1.82) is 0 Å². The Balaban J connectivity index is 1.35. The maximum Gasteiger partial charge on any atom is 0.244 e. The van der Waals surface area contributed by atoms with Crippen molar-refractivity contribution >= 4 is 22.9 Å². The molecule has 2 aromatic heterocycles. The van der Waals surface area contributed by atoms with Crippen molar-refractivity contribution in [2.45, 2.75) is 6.54 Å². The van der Waals surface area contributed by atoms with Crippen LogP contribution in [0.4, 0.5) is 0 Å². The first-order valence-corrected chi connectivity index (χ1v) is 8.67. The molecule has 5 heteroatoms. The molecule has 1 N–H and O–H groups in total. The Bertz CT molecular complexity index is 1080. The van der Waals surface area contributed by atoms with Crippen molar-refractivity contribution in [3.63, 3.8) is 0 Å². The Hall–Kier alpha value is -3.73. The number of hydrogen-bond donors (Lipinski definition) is 1. The minimum atomic E-state index is -0.149. The molecule has 0 bridgehead atoms. The smallest absolute Gasteiger partial charge is 0.244 e. The van der Waals surface area contributed by atoms with Crippen LogP contribution < -0.4 is 5.32 Å². The third-order valence-electron chi connectivity index (χ3n) is 4.23. The van der Waals surface area contributed by atoms with Crippen LogP contribution in [0.5, 0.6) is 0 Å². The molecule has 0 aliphatic carbocycles. The lowest BCUT2D eigenvalue weighted by molar-refractivity contribution is -0.116. The molecule has 4 rings (SSSR count). The summed E-state index contributed by atoms with van der Waals surface area (Å²) in [5, 5.41) is 3.97. The van der Waals surface area contributed by atoms with Crippen molar-refractivity contribution in [3.8, 4) is 5.69 Å². The molecule has 0 fully saturated rings. The van der Waals surface area contributed by atoms with Gasteiger partial charge in [0.2, 0.25) is 5.91 Å². The van der Waals surface area contributed by atoms with Gasteiger partial charge in [-0.05, 0) is 35.9 Å². The van der Waals surface area contributed by atoms with E-state index in [0.717, 1.165) is 27.8 Å². The van der Waals surface area contributed by atoms with Crippen molar-refractivity contribution in [3.05, 3.63) is 96.7 Å². The molecular formula is C22H18N4O. The highest BCUT2D eigenvalue weighted by Gasteiger charge is 2.00. The molecule has 0 spiro atoms. The third kappa shape index (κ3) is 4.10. The zero-order chi connectivity index (χ0) is 18.5. The normalized spacial score (nSPS) is 11.1. The molecule has 27 heavy (non-hydrogen) atoms. The fourth-order valence-electron chi connectivity index (χ4n) is 2.78. The second kappa shape index (κ2) is 7.66. The van der Waals surface area contributed by atoms with Crippen LogP contribution in [-0.4, -0.2) is 20.4 Å². The fourth-order valence-corrected chi connectivity index (χ4v) is 2.78. The van der Waals surface area contributed by atoms with Gasteiger partial charge >= 0.3 is 0 Å². The van der Waals surface area contributed by atoms with E-state index in [4.69, 9.17) is 0 Å². The Kier molecular flexibility index (Phi) is 4.74. The number of rotatable bonds is 5. The van der Waals surface area contributed by atoms with E-state index in [1.165, 1.54) is 6.08 Å². The first-order chi connectivity index (χ1) is 13.3. The summed E-state index contributed by atoms with van der Waals surface area (Å²) in [6, 6.07) is 19.8. The number of benzene rings is 2. The molecule has 0 radical (unpaired) electrons. The van der Waals surface area contributed by atoms with E-state index in [1.54, 1.807) is 18.6 Å². The highest BCUT2D eigenvalue weighted by molar-refractivity contribution is 5.91. The van der Waals surface area contributed by atoms with E-state index >= 15 is 0 Å². The number of nitrogens with zero attached hydrogens (tertiary/aromatic N) is 3. The minimum Gasteiger partial charge on any atom is -0.348 e. The summed E-state index contributed by atoms with van der Waals surface area (Å²) in [7, 11) is 0.